The lowest BCUT2D eigenvalue weighted by atomic mass is 9.90. The topological polar surface area (TPSA) is 29.5 Å². The number of hydrogen-bond donors (Lipinski definition) is 1. The van der Waals surface area contributed by atoms with E-state index >= 15 is 0 Å². The Morgan fingerprint density at radius 2 is 2.15 bits per heavy atom. The van der Waals surface area contributed by atoms with Gasteiger partial charge in [0, 0.05) is 13.3 Å². The number of rotatable bonds is 0. The average molecular weight is 178 g/mol. The van der Waals surface area contributed by atoms with E-state index in [4.69, 9.17) is 4.74 Å². The molecule has 0 bridgehead atoms. The van der Waals surface area contributed by atoms with Crippen LogP contribution in [0, 0.1) is 0 Å². The highest BCUT2D eigenvalue weighted by atomic mass is 16.6. The molecule has 1 N–H and O–H groups in total. The molecule has 1 aromatic carbocycles. The van der Waals surface area contributed by atoms with Crippen molar-refractivity contribution in [2.75, 3.05) is 0 Å². The maximum absolute atomic E-state index is 9.77. The number of benzene rings is 1. The molecule has 0 amide bonds. The van der Waals surface area contributed by atoms with Gasteiger partial charge in [0.1, 0.15) is 5.75 Å². The van der Waals surface area contributed by atoms with Gasteiger partial charge in [-0.05, 0) is 17.5 Å². The predicted molar refractivity (Wildman–Crippen MR) is 50.7 cm³/mol. The first kappa shape index (κ1) is 8.57. The van der Waals surface area contributed by atoms with Crippen LogP contribution in [-0.4, -0.2) is 10.9 Å². The number of ether oxygens (including phenoxy) is 1. The SMILES string of the molecule is C[C@H]1CC(C)(O)Oc2ccccc21. The molecule has 0 saturated carbocycles. The van der Waals surface area contributed by atoms with E-state index in [1.54, 1.807) is 6.92 Å². The van der Waals surface area contributed by atoms with E-state index in [-0.39, 0.29) is 0 Å². The molecule has 1 aliphatic rings. The summed E-state index contributed by atoms with van der Waals surface area (Å²) in [7, 11) is 0. The Bertz CT molecular complexity index is 318. The average Bonchev–Trinajstić information content (AvgIpc) is 2.02. The van der Waals surface area contributed by atoms with E-state index in [0.29, 0.717) is 12.3 Å². The molecule has 1 aliphatic heterocycles. The second-order valence-electron chi connectivity index (χ2n) is 3.92. The Labute approximate surface area is 78.2 Å². The molecule has 0 aromatic heterocycles. The molecule has 1 unspecified atom stereocenters. The van der Waals surface area contributed by atoms with E-state index in [2.05, 4.69) is 13.0 Å². The summed E-state index contributed by atoms with van der Waals surface area (Å²) in [6, 6.07) is 7.88. The maximum atomic E-state index is 9.77. The third-order valence-electron chi connectivity index (χ3n) is 2.46. The molecule has 2 atom stereocenters. The lowest BCUT2D eigenvalue weighted by Crippen LogP contribution is -2.36. The molecule has 2 nitrogen and oxygen atoms in total. The summed E-state index contributed by atoms with van der Waals surface area (Å²) >= 11 is 0. The van der Waals surface area contributed by atoms with Crippen LogP contribution in [0.1, 0.15) is 31.7 Å². The Balaban J connectivity index is 2.43. The summed E-state index contributed by atoms with van der Waals surface area (Å²) in [4.78, 5) is 0. The molecule has 2 heteroatoms. The second-order valence-corrected chi connectivity index (χ2v) is 3.92. The third kappa shape index (κ3) is 1.54. The molecule has 0 aliphatic carbocycles. The highest BCUT2D eigenvalue weighted by Crippen LogP contribution is 2.38. The molecular weight excluding hydrogens is 164 g/mol. The summed E-state index contributed by atoms with van der Waals surface area (Å²) in [5.74, 6) is 0.166. The minimum Gasteiger partial charge on any atom is -0.463 e. The zero-order valence-corrected chi connectivity index (χ0v) is 7.95. The van der Waals surface area contributed by atoms with Gasteiger partial charge < -0.3 is 9.84 Å². The monoisotopic (exact) mass is 178 g/mol. The fourth-order valence-corrected chi connectivity index (χ4v) is 1.94. The summed E-state index contributed by atoms with van der Waals surface area (Å²) in [6.07, 6.45) is 0.657. The lowest BCUT2D eigenvalue weighted by molar-refractivity contribution is -0.138. The van der Waals surface area contributed by atoms with Gasteiger partial charge >= 0.3 is 0 Å². The van der Waals surface area contributed by atoms with Crippen LogP contribution in [0.25, 0.3) is 0 Å². The van der Waals surface area contributed by atoms with Crippen molar-refractivity contribution in [1.82, 2.24) is 0 Å². The first-order chi connectivity index (χ1) is 6.08. The minimum absolute atomic E-state index is 0.361. The van der Waals surface area contributed by atoms with Gasteiger partial charge in [0.05, 0.1) is 0 Å². The van der Waals surface area contributed by atoms with Crippen molar-refractivity contribution in [3.63, 3.8) is 0 Å². The van der Waals surface area contributed by atoms with Crippen molar-refractivity contribution < 1.29 is 9.84 Å². The van der Waals surface area contributed by atoms with Gasteiger partial charge in [0.25, 0.3) is 0 Å². The Morgan fingerprint density at radius 1 is 1.46 bits per heavy atom. The van der Waals surface area contributed by atoms with E-state index < -0.39 is 5.79 Å². The maximum Gasteiger partial charge on any atom is 0.205 e. The molecule has 1 aromatic rings. The highest BCUT2D eigenvalue weighted by molar-refractivity contribution is 5.38. The zero-order chi connectivity index (χ0) is 9.47. The Morgan fingerprint density at radius 3 is 2.92 bits per heavy atom. The number of aliphatic hydroxyl groups is 1. The largest absolute Gasteiger partial charge is 0.463 e. The molecule has 13 heavy (non-hydrogen) atoms. The fraction of sp³-hybridized carbons (Fsp3) is 0.455. The standard InChI is InChI=1S/C11H14O2/c1-8-7-11(2,12)13-10-6-4-3-5-9(8)10/h3-6,8,12H,7H2,1-2H3/t8-,11?/m0/s1. The smallest absolute Gasteiger partial charge is 0.205 e. The van der Waals surface area contributed by atoms with Gasteiger partial charge in [-0.15, -0.1) is 0 Å². The first-order valence-electron chi connectivity index (χ1n) is 4.59. The number of fused-ring (bicyclic) bond motifs is 1. The van der Waals surface area contributed by atoms with Gasteiger partial charge in [0.2, 0.25) is 5.79 Å². The van der Waals surface area contributed by atoms with E-state index in [1.807, 2.05) is 18.2 Å². The van der Waals surface area contributed by atoms with Crippen LogP contribution in [0.3, 0.4) is 0 Å². The summed E-state index contributed by atoms with van der Waals surface area (Å²) < 4.78 is 5.45. The summed E-state index contributed by atoms with van der Waals surface area (Å²) in [5, 5.41) is 9.77. The van der Waals surface area contributed by atoms with Crippen molar-refractivity contribution in [2.24, 2.45) is 0 Å². The van der Waals surface area contributed by atoms with Crippen LogP contribution in [0.4, 0.5) is 0 Å². The van der Waals surface area contributed by atoms with Crippen LogP contribution < -0.4 is 4.74 Å². The first-order valence-corrected chi connectivity index (χ1v) is 4.59. The lowest BCUT2D eigenvalue weighted by Gasteiger charge is -2.34. The van der Waals surface area contributed by atoms with Crippen LogP contribution in [0.2, 0.25) is 0 Å². The minimum atomic E-state index is -1.01. The van der Waals surface area contributed by atoms with Gasteiger partial charge in [-0.2, -0.15) is 0 Å². The molecule has 0 radical (unpaired) electrons. The van der Waals surface area contributed by atoms with Gasteiger partial charge in [0.15, 0.2) is 0 Å². The van der Waals surface area contributed by atoms with Gasteiger partial charge in [-0.25, -0.2) is 0 Å². The van der Waals surface area contributed by atoms with Crippen LogP contribution in [-0.2, 0) is 0 Å². The van der Waals surface area contributed by atoms with E-state index in [1.165, 1.54) is 5.56 Å². The number of para-hydroxylation sites is 1. The zero-order valence-electron chi connectivity index (χ0n) is 7.95. The predicted octanol–water partition coefficient (Wildman–Crippen LogP) is 2.28. The quantitative estimate of drug-likeness (QED) is 0.660. The fourth-order valence-electron chi connectivity index (χ4n) is 1.94. The van der Waals surface area contributed by atoms with Crippen molar-refractivity contribution in [3.8, 4) is 5.75 Å². The molecule has 2 rings (SSSR count). The van der Waals surface area contributed by atoms with Gasteiger partial charge in [-0.1, -0.05) is 25.1 Å². The van der Waals surface area contributed by atoms with Crippen LogP contribution in [0.5, 0.6) is 5.75 Å². The van der Waals surface area contributed by atoms with Crippen LogP contribution >= 0.6 is 0 Å². The third-order valence-corrected chi connectivity index (χ3v) is 2.46. The van der Waals surface area contributed by atoms with Crippen molar-refractivity contribution in [1.29, 1.82) is 0 Å². The van der Waals surface area contributed by atoms with E-state index in [9.17, 15) is 5.11 Å². The van der Waals surface area contributed by atoms with Gasteiger partial charge in [-0.3, -0.25) is 0 Å². The van der Waals surface area contributed by atoms with Crippen molar-refractivity contribution in [3.05, 3.63) is 29.8 Å². The Kier molecular flexibility index (Phi) is 1.81. The van der Waals surface area contributed by atoms with Crippen molar-refractivity contribution >= 4 is 0 Å². The Hall–Kier alpha value is -1.02. The van der Waals surface area contributed by atoms with Crippen LogP contribution in [0.15, 0.2) is 24.3 Å². The highest BCUT2D eigenvalue weighted by Gasteiger charge is 2.32. The second kappa shape index (κ2) is 2.74. The molecule has 1 heterocycles. The summed E-state index contributed by atoms with van der Waals surface area (Å²) in [6.45, 7) is 3.81. The summed E-state index contributed by atoms with van der Waals surface area (Å²) in [5.41, 5.74) is 1.19. The molecule has 0 fully saturated rings. The normalized spacial score (nSPS) is 32.1. The number of hydrogen-bond acceptors (Lipinski definition) is 2. The molecule has 70 valence electrons. The molecule has 0 spiro atoms. The molecule has 0 saturated heterocycles. The van der Waals surface area contributed by atoms with Crippen molar-refractivity contribution in [2.45, 2.75) is 32.0 Å². The molecular formula is C11H14O2. The van der Waals surface area contributed by atoms with E-state index in [0.717, 1.165) is 5.75 Å².